The molecule has 0 saturated heterocycles. The molecule has 1 aliphatic rings. The highest BCUT2D eigenvalue weighted by molar-refractivity contribution is 9.10. The van der Waals surface area contributed by atoms with Crippen LogP contribution in [0.2, 0.25) is 0 Å². The molecular weight excluding hydrogens is 350 g/mol. The number of hydrogen-bond donors (Lipinski definition) is 0. The maximum Gasteiger partial charge on any atom is 0.136 e. The Kier molecular flexibility index (Phi) is 3.43. The van der Waals surface area contributed by atoms with Crippen LogP contribution in [0, 0.1) is 5.92 Å². The SMILES string of the molecule is Brc1c(OCc2cccs2)ccc2c1nnn2CC1CC1. The van der Waals surface area contributed by atoms with Gasteiger partial charge in [-0.3, -0.25) is 0 Å². The van der Waals surface area contributed by atoms with Crippen LogP contribution in [0.5, 0.6) is 5.75 Å². The van der Waals surface area contributed by atoms with Gasteiger partial charge in [-0.1, -0.05) is 11.3 Å². The minimum Gasteiger partial charge on any atom is -0.487 e. The Hall–Kier alpha value is -1.40. The third-order valence-corrected chi connectivity index (χ3v) is 5.28. The normalized spacial score (nSPS) is 14.7. The predicted octanol–water partition coefficient (Wildman–Crippen LogP) is 4.24. The molecule has 0 N–H and O–H groups in total. The fraction of sp³-hybridized carbons (Fsp3) is 0.333. The fourth-order valence-electron chi connectivity index (χ4n) is 2.32. The Labute approximate surface area is 134 Å². The van der Waals surface area contributed by atoms with Crippen molar-refractivity contribution in [1.29, 1.82) is 0 Å². The third-order valence-electron chi connectivity index (χ3n) is 3.67. The monoisotopic (exact) mass is 363 g/mol. The van der Waals surface area contributed by atoms with Crippen LogP contribution in [0.4, 0.5) is 0 Å². The van der Waals surface area contributed by atoms with Crippen molar-refractivity contribution in [3.63, 3.8) is 0 Å². The van der Waals surface area contributed by atoms with E-state index >= 15 is 0 Å². The molecule has 0 spiro atoms. The zero-order chi connectivity index (χ0) is 14.2. The molecule has 2 heterocycles. The number of aromatic nitrogens is 3. The van der Waals surface area contributed by atoms with Crippen LogP contribution in [0.3, 0.4) is 0 Å². The van der Waals surface area contributed by atoms with Gasteiger partial charge in [-0.2, -0.15) is 0 Å². The first kappa shape index (κ1) is 13.3. The van der Waals surface area contributed by atoms with E-state index in [9.17, 15) is 0 Å². The van der Waals surface area contributed by atoms with E-state index in [0.29, 0.717) is 6.61 Å². The molecule has 0 bridgehead atoms. The lowest BCUT2D eigenvalue weighted by atomic mass is 10.3. The number of fused-ring (bicyclic) bond motifs is 1. The highest BCUT2D eigenvalue weighted by Crippen LogP contribution is 2.35. The van der Waals surface area contributed by atoms with Gasteiger partial charge in [-0.25, -0.2) is 4.68 Å². The summed E-state index contributed by atoms with van der Waals surface area (Å²) >= 11 is 5.30. The van der Waals surface area contributed by atoms with Crippen molar-refractivity contribution in [2.45, 2.75) is 26.0 Å². The second-order valence-electron chi connectivity index (χ2n) is 5.33. The molecule has 1 aliphatic carbocycles. The highest BCUT2D eigenvalue weighted by Gasteiger charge is 2.23. The molecule has 4 nitrogen and oxygen atoms in total. The van der Waals surface area contributed by atoms with Gasteiger partial charge in [0, 0.05) is 11.4 Å². The molecule has 1 aromatic carbocycles. The first-order chi connectivity index (χ1) is 10.3. The minimum atomic E-state index is 0.581. The van der Waals surface area contributed by atoms with Gasteiger partial charge < -0.3 is 4.74 Å². The number of rotatable bonds is 5. The van der Waals surface area contributed by atoms with Gasteiger partial charge in [0.15, 0.2) is 0 Å². The number of benzene rings is 1. The Bertz CT molecular complexity index is 765. The van der Waals surface area contributed by atoms with Crippen LogP contribution in [0.15, 0.2) is 34.1 Å². The summed E-state index contributed by atoms with van der Waals surface area (Å²) in [6.07, 6.45) is 2.62. The molecule has 1 saturated carbocycles. The number of nitrogens with zero attached hydrogens (tertiary/aromatic N) is 3. The Morgan fingerprint density at radius 1 is 1.33 bits per heavy atom. The van der Waals surface area contributed by atoms with E-state index in [1.807, 2.05) is 22.9 Å². The van der Waals surface area contributed by atoms with Crippen molar-refractivity contribution in [3.05, 3.63) is 39.0 Å². The predicted molar refractivity (Wildman–Crippen MR) is 86.6 cm³/mol. The lowest BCUT2D eigenvalue weighted by Crippen LogP contribution is -2.01. The summed E-state index contributed by atoms with van der Waals surface area (Å²) in [6.45, 7) is 1.55. The highest BCUT2D eigenvalue weighted by atomic mass is 79.9. The van der Waals surface area contributed by atoms with Gasteiger partial charge in [0.2, 0.25) is 0 Å². The second-order valence-corrected chi connectivity index (χ2v) is 7.15. The Morgan fingerprint density at radius 2 is 2.24 bits per heavy atom. The summed E-state index contributed by atoms with van der Waals surface area (Å²) < 4.78 is 8.77. The smallest absolute Gasteiger partial charge is 0.136 e. The largest absolute Gasteiger partial charge is 0.487 e. The molecule has 21 heavy (non-hydrogen) atoms. The lowest BCUT2D eigenvalue weighted by Gasteiger charge is -2.07. The summed E-state index contributed by atoms with van der Waals surface area (Å²) in [7, 11) is 0. The number of halogens is 1. The summed E-state index contributed by atoms with van der Waals surface area (Å²) in [5, 5.41) is 10.6. The van der Waals surface area contributed by atoms with Gasteiger partial charge >= 0.3 is 0 Å². The van der Waals surface area contributed by atoms with E-state index < -0.39 is 0 Å². The Morgan fingerprint density at radius 3 is 3.00 bits per heavy atom. The number of ether oxygens (including phenoxy) is 1. The van der Waals surface area contributed by atoms with E-state index in [1.165, 1.54) is 17.7 Å². The van der Waals surface area contributed by atoms with Gasteiger partial charge in [-0.15, -0.1) is 16.4 Å². The van der Waals surface area contributed by atoms with Gasteiger partial charge in [0.1, 0.15) is 17.9 Å². The maximum absolute atomic E-state index is 5.88. The summed E-state index contributed by atoms with van der Waals surface area (Å²) in [6, 6.07) is 8.15. The van der Waals surface area contributed by atoms with Crippen LogP contribution in [0.1, 0.15) is 17.7 Å². The molecule has 0 unspecified atom stereocenters. The molecular formula is C15H14BrN3OS. The first-order valence-electron chi connectivity index (χ1n) is 6.98. The fourth-order valence-corrected chi connectivity index (χ4v) is 3.47. The van der Waals surface area contributed by atoms with Crippen molar-refractivity contribution < 1.29 is 4.74 Å². The average Bonchev–Trinajstić information content (AvgIpc) is 2.99. The van der Waals surface area contributed by atoms with E-state index in [1.54, 1.807) is 11.3 Å². The molecule has 4 rings (SSSR count). The zero-order valence-corrected chi connectivity index (χ0v) is 13.7. The second kappa shape index (κ2) is 5.42. The quantitative estimate of drug-likeness (QED) is 0.680. The number of thiophene rings is 1. The molecule has 108 valence electrons. The van der Waals surface area contributed by atoms with Crippen LogP contribution in [-0.2, 0) is 13.2 Å². The van der Waals surface area contributed by atoms with E-state index in [0.717, 1.165) is 33.7 Å². The number of hydrogen-bond acceptors (Lipinski definition) is 4. The molecule has 3 aromatic rings. The first-order valence-corrected chi connectivity index (χ1v) is 8.65. The standard InChI is InChI=1S/C15H14BrN3OS/c16-14-13(20-9-11-2-1-7-21-11)6-5-12-15(14)17-18-19(12)8-10-3-4-10/h1-2,5-7,10H,3-4,8-9H2. The van der Waals surface area contributed by atoms with E-state index in [2.05, 4.69) is 37.7 Å². The molecule has 0 aliphatic heterocycles. The summed E-state index contributed by atoms with van der Waals surface area (Å²) in [5.74, 6) is 1.60. The maximum atomic E-state index is 5.88. The summed E-state index contributed by atoms with van der Waals surface area (Å²) in [5.41, 5.74) is 1.94. The summed E-state index contributed by atoms with van der Waals surface area (Å²) in [4.78, 5) is 1.21. The average molecular weight is 364 g/mol. The van der Waals surface area contributed by atoms with Crippen molar-refractivity contribution in [2.24, 2.45) is 5.92 Å². The molecule has 0 amide bonds. The van der Waals surface area contributed by atoms with E-state index in [-0.39, 0.29) is 0 Å². The van der Waals surface area contributed by atoms with Crippen LogP contribution >= 0.6 is 27.3 Å². The van der Waals surface area contributed by atoms with Gasteiger partial charge in [0.25, 0.3) is 0 Å². The molecule has 0 atom stereocenters. The topological polar surface area (TPSA) is 39.9 Å². The van der Waals surface area contributed by atoms with E-state index in [4.69, 9.17) is 4.74 Å². The molecule has 2 aromatic heterocycles. The molecule has 6 heteroatoms. The minimum absolute atomic E-state index is 0.581. The van der Waals surface area contributed by atoms with Crippen LogP contribution in [0.25, 0.3) is 11.0 Å². The Balaban J connectivity index is 1.60. The van der Waals surface area contributed by atoms with Crippen molar-refractivity contribution in [2.75, 3.05) is 0 Å². The van der Waals surface area contributed by atoms with Crippen molar-refractivity contribution >= 4 is 38.3 Å². The molecule has 0 radical (unpaired) electrons. The molecule has 1 fully saturated rings. The lowest BCUT2D eigenvalue weighted by molar-refractivity contribution is 0.308. The van der Waals surface area contributed by atoms with Crippen molar-refractivity contribution in [1.82, 2.24) is 15.0 Å². The van der Waals surface area contributed by atoms with Crippen LogP contribution < -0.4 is 4.74 Å². The van der Waals surface area contributed by atoms with Gasteiger partial charge in [-0.05, 0) is 58.3 Å². The van der Waals surface area contributed by atoms with Crippen molar-refractivity contribution in [3.8, 4) is 5.75 Å². The van der Waals surface area contributed by atoms with Crippen LogP contribution in [-0.4, -0.2) is 15.0 Å². The zero-order valence-electron chi connectivity index (χ0n) is 11.3. The van der Waals surface area contributed by atoms with Gasteiger partial charge in [0.05, 0.1) is 9.99 Å². The third kappa shape index (κ3) is 2.70.